The highest BCUT2D eigenvalue weighted by Crippen LogP contribution is 2.38. The van der Waals surface area contributed by atoms with Gasteiger partial charge >= 0.3 is 0 Å². The van der Waals surface area contributed by atoms with E-state index in [-0.39, 0.29) is 12.5 Å². The van der Waals surface area contributed by atoms with Gasteiger partial charge in [-0.3, -0.25) is 4.79 Å². The third kappa shape index (κ3) is 1.89. The number of para-hydroxylation sites is 1. The van der Waals surface area contributed by atoms with Gasteiger partial charge in [-0.15, -0.1) is 0 Å². The monoisotopic (exact) mass is 257 g/mol. The summed E-state index contributed by atoms with van der Waals surface area (Å²) < 4.78 is 0. The van der Waals surface area contributed by atoms with E-state index in [1.54, 1.807) is 23.9 Å². The number of hydrogen-bond donors (Lipinski definition) is 2. The molecule has 0 radical (unpaired) electrons. The number of fused-ring (bicyclic) bond motifs is 2. The Balaban J connectivity index is 2.14. The first-order valence-corrected chi connectivity index (χ1v) is 6.41. The van der Waals surface area contributed by atoms with Crippen LogP contribution in [-0.2, 0) is 6.61 Å². The summed E-state index contributed by atoms with van der Waals surface area (Å²) in [4.78, 5) is 14.0. The van der Waals surface area contributed by atoms with Gasteiger partial charge < -0.3 is 10.4 Å². The first-order chi connectivity index (χ1) is 8.78. The van der Waals surface area contributed by atoms with Crippen molar-refractivity contribution in [2.45, 2.75) is 16.4 Å². The highest BCUT2D eigenvalue weighted by molar-refractivity contribution is 7.99. The molecule has 18 heavy (non-hydrogen) atoms. The fraction of sp³-hybridized carbons (Fsp3) is 0.0714. The predicted molar refractivity (Wildman–Crippen MR) is 70.9 cm³/mol. The fourth-order valence-corrected chi connectivity index (χ4v) is 3.00. The van der Waals surface area contributed by atoms with E-state index in [1.165, 1.54) is 0 Å². The maximum absolute atomic E-state index is 12.1. The molecule has 1 aliphatic heterocycles. The molecule has 0 saturated heterocycles. The molecule has 0 unspecified atom stereocenters. The highest BCUT2D eigenvalue weighted by atomic mass is 32.2. The van der Waals surface area contributed by atoms with Crippen LogP contribution in [0.4, 0.5) is 5.69 Å². The van der Waals surface area contributed by atoms with E-state index in [0.29, 0.717) is 5.56 Å². The van der Waals surface area contributed by atoms with Gasteiger partial charge in [-0.1, -0.05) is 30.0 Å². The number of aliphatic hydroxyl groups excluding tert-OH is 1. The van der Waals surface area contributed by atoms with Crippen LogP contribution in [0.1, 0.15) is 15.9 Å². The molecule has 1 heterocycles. The Labute approximate surface area is 109 Å². The van der Waals surface area contributed by atoms with Crippen molar-refractivity contribution in [2.24, 2.45) is 0 Å². The molecule has 3 rings (SSSR count). The van der Waals surface area contributed by atoms with Crippen LogP contribution < -0.4 is 5.32 Å². The van der Waals surface area contributed by atoms with E-state index in [4.69, 9.17) is 5.11 Å². The van der Waals surface area contributed by atoms with Crippen LogP contribution in [0, 0.1) is 0 Å². The largest absolute Gasteiger partial charge is 0.392 e. The molecule has 0 aliphatic carbocycles. The minimum absolute atomic E-state index is 0.0168. The highest BCUT2D eigenvalue weighted by Gasteiger charge is 2.19. The molecule has 0 spiro atoms. The molecule has 90 valence electrons. The Kier molecular flexibility index (Phi) is 2.81. The quantitative estimate of drug-likeness (QED) is 0.826. The van der Waals surface area contributed by atoms with Gasteiger partial charge in [0.2, 0.25) is 0 Å². The zero-order valence-electron chi connectivity index (χ0n) is 9.51. The molecule has 4 heteroatoms. The molecular weight excluding hydrogens is 246 g/mol. The Morgan fingerprint density at radius 1 is 1.11 bits per heavy atom. The summed E-state index contributed by atoms with van der Waals surface area (Å²) in [5, 5.41) is 12.1. The topological polar surface area (TPSA) is 49.3 Å². The lowest BCUT2D eigenvalue weighted by molar-refractivity contribution is 0.102. The van der Waals surface area contributed by atoms with E-state index in [1.807, 2.05) is 30.3 Å². The third-order valence-electron chi connectivity index (χ3n) is 2.83. The second-order valence-electron chi connectivity index (χ2n) is 4.04. The lowest BCUT2D eigenvalue weighted by atomic mass is 10.1. The van der Waals surface area contributed by atoms with Gasteiger partial charge in [-0.25, -0.2) is 0 Å². The number of aliphatic hydroxyl groups is 1. The minimum atomic E-state index is -0.105. The van der Waals surface area contributed by atoms with Gasteiger partial charge in [0.05, 0.1) is 17.9 Å². The lowest BCUT2D eigenvalue weighted by Gasteiger charge is -2.05. The molecule has 2 aromatic carbocycles. The van der Waals surface area contributed by atoms with Crippen molar-refractivity contribution in [1.29, 1.82) is 0 Å². The maximum Gasteiger partial charge on any atom is 0.256 e. The molecule has 0 fully saturated rings. The zero-order valence-corrected chi connectivity index (χ0v) is 10.3. The number of nitrogens with one attached hydrogen (secondary N) is 1. The number of carbonyl (C=O) groups excluding carboxylic acids is 1. The molecule has 1 aliphatic rings. The summed E-state index contributed by atoms with van der Waals surface area (Å²) in [6, 6.07) is 13.1. The van der Waals surface area contributed by atoms with Crippen LogP contribution in [0.2, 0.25) is 0 Å². The van der Waals surface area contributed by atoms with Crippen molar-refractivity contribution >= 4 is 23.4 Å². The van der Waals surface area contributed by atoms with Gasteiger partial charge in [0.1, 0.15) is 0 Å². The number of benzene rings is 2. The zero-order chi connectivity index (χ0) is 12.5. The molecule has 2 aromatic rings. The Bertz CT molecular complexity index is 625. The fourth-order valence-electron chi connectivity index (χ4n) is 1.90. The summed E-state index contributed by atoms with van der Waals surface area (Å²) in [6.07, 6.45) is 0. The molecule has 1 amide bonds. The molecule has 0 atom stereocenters. The number of hydrogen-bond acceptors (Lipinski definition) is 3. The van der Waals surface area contributed by atoms with Crippen LogP contribution in [0.15, 0.2) is 52.3 Å². The summed E-state index contributed by atoms with van der Waals surface area (Å²) in [6.45, 7) is -0.0168. The summed E-state index contributed by atoms with van der Waals surface area (Å²) in [7, 11) is 0. The Morgan fingerprint density at radius 2 is 1.94 bits per heavy atom. The van der Waals surface area contributed by atoms with E-state index >= 15 is 0 Å². The SMILES string of the molecule is O=C1Nc2ccccc2Sc2cc(CO)ccc21. The normalized spacial score (nSPS) is 13.3. The summed E-state index contributed by atoms with van der Waals surface area (Å²) >= 11 is 1.54. The van der Waals surface area contributed by atoms with Crippen LogP contribution in [0.5, 0.6) is 0 Å². The predicted octanol–water partition coefficient (Wildman–Crippen LogP) is 2.90. The van der Waals surface area contributed by atoms with Crippen LogP contribution in [0.3, 0.4) is 0 Å². The van der Waals surface area contributed by atoms with Gasteiger partial charge in [-0.05, 0) is 29.8 Å². The van der Waals surface area contributed by atoms with Crippen molar-refractivity contribution < 1.29 is 9.90 Å². The van der Waals surface area contributed by atoms with E-state index in [2.05, 4.69) is 5.32 Å². The number of carbonyl (C=O) groups is 1. The van der Waals surface area contributed by atoms with Crippen molar-refractivity contribution in [3.8, 4) is 0 Å². The van der Waals surface area contributed by atoms with Crippen molar-refractivity contribution in [3.05, 3.63) is 53.6 Å². The van der Waals surface area contributed by atoms with Gasteiger partial charge in [0.15, 0.2) is 0 Å². The average molecular weight is 257 g/mol. The molecule has 0 aromatic heterocycles. The summed E-state index contributed by atoms with van der Waals surface area (Å²) in [5.41, 5.74) is 2.29. The molecule has 2 N–H and O–H groups in total. The number of anilines is 1. The Morgan fingerprint density at radius 3 is 2.78 bits per heavy atom. The molecular formula is C14H11NO2S. The molecule has 0 saturated carbocycles. The minimum Gasteiger partial charge on any atom is -0.392 e. The van der Waals surface area contributed by atoms with E-state index in [9.17, 15) is 4.79 Å². The van der Waals surface area contributed by atoms with Crippen molar-refractivity contribution in [1.82, 2.24) is 0 Å². The third-order valence-corrected chi connectivity index (χ3v) is 3.96. The average Bonchev–Trinajstić information content (AvgIpc) is 2.54. The lowest BCUT2D eigenvalue weighted by Crippen LogP contribution is -2.11. The number of amides is 1. The van der Waals surface area contributed by atoms with Crippen molar-refractivity contribution in [3.63, 3.8) is 0 Å². The summed E-state index contributed by atoms with van der Waals surface area (Å²) in [5.74, 6) is -0.105. The van der Waals surface area contributed by atoms with Crippen molar-refractivity contribution in [2.75, 3.05) is 5.32 Å². The standard InChI is InChI=1S/C14H11NO2S/c16-8-9-5-6-10-13(7-9)18-12-4-2-1-3-11(12)15-14(10)17/h1-7,16H,8H2,(H,15,17). The molecule has 0 bridgehead atoms. The van der Waals surface area contributed by atoms with Crippen LogP contribution in [0.25, 0.3) is 0 Å². The van der Waals surface area contributed by atoms with Crippen LogP contribution in [-0.4, -0.2) is 11.0 Å². The molecule has 3 nitrogen and oxygen atoms in total. The van der Waals surface area contributed by atoms with E-state index < -0.39 is 0 Å². The maximum atomic E-state index is 12.1. The van der Waals surface area contributed by atoms with Gasteiger partial charge in [0.25, 0.3) is 5.91 Å². The Hall–Kier alpha value is -1.78. The number of rotatable bonds is 1. The van der Waals surface area contributed by atoms with E-state index in [0.717, 1.165) is 21.0 Å². The second kappa shape index (κ2) is 4.48. The van der Waals surface area contributed by atoms with Gasteiger partial charge in [-0.2, -0.15) is 0 Å². The smallest absolute Gasteiger partial charge is 0.256 e. The first kappa shape index (κ1) is 11.3. The van der Waals surface area contributed by atoms with Crippen LogP contribution >= 0.6 is 11.8 Å². The first-order valence-electron chi connectivity index (χ1n) is 5.60. The van der Waals surface area contributed by atoms with Gasteiger partial charge in [0, 0.05) is 9.79 Å². The second-order valence-corrected chi connectivity index (χ2v) is 5.12.